The Morgan fingerprint density at radius 2 is 1.92 bits per heavy atom. The number of amides is 1. The van der Waals surface area contributed by atoms with E-state index in [9.17, 15) is 4.79 Å². The predicted molar refractivity (Wildman–Crippen MR) is 102 cm³/mol. The number of benzene rings is 1. The first-order valence-electron chi connectivity index (χ1n) is 8.45. The molecule has 1 aromatic carbocycles. The third-order valence-corrected chi connectivity index (χ3v) is 4.60. The van der Waals surface area contributed by atoms with Crippen molar-refractivity contribution in [3.05, 3.63) is 54.4 Å². The van der Waals surface area contributed by atoms with Crippen LogP contribution in [0.1, 0.15) is 19.4 Å². The third-order valence-electron chi connectivity index (χ3n) is 3.68. The van der Waals surface area contributed by atoms with Crippen molar-refractivity contribution < 1.29 is 9.53 Å². The molecule has 0 aliphatic rings. The molecule has 0 saturated carbocycles. The van der Waals surface area contributed by atoms with Gasteiger partial charge in [-0.3, -0.25) is 9.47 Å². The number of aromatic nitrogens is 4. The van der Waals surface area contributed by atoms with Crippen LogP contribution >= 0.6 is 11.8 Å². The van der Waals surface area contributed by atoms with E-state index in [1.165, 1.54) is 11.8 Å². The Morgan fingerprint density at radius 1 is 1.15 bits per heavy atom. The number of para-hydroxylation sites is 1. The molecule has 2 aromatic heterocycles. The van der Waals surface area contributed by atoms with Gasteiger partial charge in [0.15, 0.2) is 0 Å². The summed E-state index contributed by atoms with van der Waals surface area (Å²) in [6, 6.07) is 12.0. The summed E-state index contributed by atoms with van der Waals surface area (Å²) in [6.45, 7) is 4.44. The van der Waals surface area contributed by atoms with Gasteiger partial charge < -0.3 is 10.1 Å². The number of anilines is 1. The van der Waals surface area contributed by atoms with E-state index in [1.807, 2.05) is 60.4 Å². The Labute approximate surface area is 156 Å². The molecule has 0 radical (unpaired) electrons. The van der Waals surface area contributed by atoms with Crippen LogP contribution in [0.5, 0.6) is 6.01 Å². The average Bonchev–Trinajstić information content (AvgIpc) is 3.30. The number of nitrogens with one attached hydrogen (secondary N) is 1. The Bertz CT molecular complexity index is 860. The van der Waals surface area contributed by atoms with Crippen LogP contribution in [-0.4, -0.2) is 37.8 Å². The summed E-state index contributed by atoms with van der Waals surface area (Å²) in [5.74, 6) is 0.139. The van der Waals surface area contributed by atoms with E-state index in [0.29, 0.717) is 17.8 Å². The van der Waals surface area contributed by atoms with E-state index in [-0.39, 0.29) is 11.7 Å². The highest BCUT2D eigenvalue weighted by molar-refractivity contribution is 7.99. The van der Waals surface area contributed by atoms with Crippen LogP contribution in [0.15, 0.2) is 53.9 Å². The molecule has 3 aromatic rings. The number of thioether (sulfide) groups is 1. The summed E-state index contributed by atoms with van der Waals surface area (Å²) in [5.41, 5.74) is 1.96. The Morgan fingerprint density at radius 3 is 2.65 bits per heavy atom. The van der Waals surface area contributed by atoms with Gasteiger partial charge in [-0.1, -0.05) is 42.0 Å². The minimum atomic E-state index is -0.0871. The monoisotopic (exact) mass is 371 g/mol. The van der Waals surface area contributed by atoms with Crippen LogP contribution in [0.4, 0.5) is 5.69 Å². The van der Waals surface area contributed by atoms with Crippen molar-refractivity contribution in [3.8, 4) is 6.01 Å². The fourth-order valence-corrected chi connectivity index (χ4v) is 3.21. The van der Waals surface area contributed by atoms with Crippen molar-refractivity contribution in [1.82, 2.24) is 19.5 Å². The molecular formula is C18H21N5O2S. The van der Waals surface area contributed by atoms with E-state index in [4.69, 9.17) is 4.74 Å². The fourth-order valence-electron chi connectivity index (χ4n) is 2.48. The van der Waals surface area contributed by atoms with Gasteiger partial charge in [0.2, 0.25) is 11.1 Å². The summed E-state index contributed by atoms with van der Waals surface area (Å²) >= 11 is 1.31. The molecule has 0 bridgehead atoms. The second-order valence-corrected chi connectivity index (χ2v) is 6.36. The molecule has 1 amide bonds. The highest BCUT2D eigenvalue weighted by atomic mass is 32.2. The number of carbonyl (C=O) groups is 1. The number of hydrogen-bond donors (Lipinski definition) is 1. The fraction of sp³-hybridized carbons (Fsp3) is 0.278. The summed E-state index contributed by atoms with van der Waals surface area (Å²) < 4.78 is 9.08. The van der Waals surface area contributed by atoms with Gasteiger partial charge in [-0.25, -0.2) is 0 Å². The minimum absolute atomic E-state index is 0.0871. The van der Waals surface area contributed by atoms with E-state index in [0.717, 1.165) is 17.7 Å². The molecule has 136 valence electrons. The third kappa shape index (κ3) is 4.08. The second kappa shape index (κ2) is 8.57. The lowest BCUT2D eigenvalue weighted by atomic mass is 10.1. The van der Waals surface area contributed by atoms with Gasteiger partial charge in [-0.2, -0.15) is 4.68 Å². The Hall–Kier alpha value is -2.74. The predicted octanol–water partition coefficient (Wildman–Crippen LogP) is 3.08. The minimum Gasteiger partial charge on any atom is -0.463 e. The summed E-state index contributed by atoms with van der Waals surface area (Å²) in [4.78, 5) is 12.4. The van der Waals surface area contributed by atoms with E-state index in [1.54, 1.807) is 4.68 Å². The topological polar surface area (TPSA) is 74.0 Å². The lowest BCUT2D eigenvalue weighted by Crippen LogP contribution is -2.16. The molecular weight excluding hydrogens is 350 g/mol. The van der Waals surface area contributed by atoms with Gasteiger partial charge in [0.25, 0.3) is 0 Å². The van der Waals surface area contributed by atoms with E-state index >= 15 is 0 Å². The Balaban J connectivity index is 1.71. The van der Waals surface area contributed by atoms with Gasteiger partial charge in [0.05, 0.1) is 12.4 Å². The first-order chi connectivity index (χ1) is 12.7. The molecule has 2 heterocycles. The van der Waals surface area contributed by atoms with Crippen LogP contribution in [0.25, 0.3) is 0 Å². The number of ether oxygens (including phenoxy) is 1. The quantitative estimate of drug-likeness (QED) is 0.616. The van der Waals surface area contributed by atoms with Gasteiger partial charge in [-0.15, -0.1) is 5.10 Å². The molecule has 0 atom stereocenters. The molecule has 3 rings (SSSR count). The molecule has 1 N–H and O–H groups in total. The zero-order valence-electron chi connectivity index (χ0n) is 14.8. The number of nitrogens with zero attached hydrogens (tertiary/aromatic N) is 4. The van der Waals surface area contributed by atoms with Gasteiger partial charge in [0.1, 0.15) is 0 Å². The van der Waals surface area contributed by atoms with Crippen molar-refractivity contribution in [3.63, 3.8) is 0 Å². The van der Waals surface area contributed by atoms with Crippen LogP contribution in [0.2, 0.25) is 0 Å². The summed E-state index contributed by atoms with van der Waals surface area (Å²) in [7, 11) is 0. The molecule has 0 fully saturated rings. The molecule has 0 saturated heterocycles. The average molecular weight is 371 g/mol. The van der Waals surface area contributed by atoms with Crippen molar-refractivity contribution in [2.24, 2.45) is 0 Å². The summed E-state index contributed by atoms with van der Waals surface area (Å²) in [6.07, 6.45) is 4.60. The second-order valence-electron chi connectivity index (χ2n) is 5.42. The van der Waals surface area contributed by atoms with Crippen LogP contribution in [-0.2, 0) is 11.2 Å². The number of carbonyl (C=O) groups excluding carboxylic acids is 1. The lowest BCUT2D eigenvalue weighted by molar-refractivity contribution is -0.113. The molecule has 0 aliphatic carbocycles. The van der Waals surface area contributed by atoms with Gasteiger partial charge in [0, 0.05) is 18.1 Å². The van der Waals surface area contributed by atoms with E-state index < -0.39 is 0 Å². The largest absolute Gasteiger partial charge is 0.463 e. The highest BCUT2D eigenvalue weighted by Crippen LogP contribution is 2.22. The first-order valence-corrected chi connectivity index (χ1v) is 9.43. The van der Waals surface area contributed by atoms with Gasteiger partial charge in [-0.05, 0) is 37.1 Å². The van der Waals surface area contributed by atoms with Crippen LogP contribution in [0.3, 0.4) is 0 Å². The van der Waals surface area contributed by atoms with Crippen molar-refractivity contribution >= 4 is 23.4 Å². The maximum atomic E-state index is 12.4. The highest BCUT2D eigenvalue weighted by Gasteiger charge is 2.16. The first kappa shape index (κ1) is 18.1. The number of aryl methyl sites for hydroxylation is 1. The molecule has 7 nitrogen and oxygen atoms in total. The van der Waals surface area contributed by atoms with Crippen molar-refractivity contribution in [1.29, 1.82) is 0 Å². The zero-order chi connectivity index (χ0) is 18.4. The maximum absolute atomic E-state index is 12.4. The van der Waals surface area contributed by atoms with Crippen molar-refractivity contribution in [2.75, 3.05) is 17.7 Å². The normalized spacial score (nSPS) is 10.7. The van der Waals surface area contributed by atoms with Gasteiger partial charge >= 0.3 is 6.01 Å². The Kier molecular flexibility index (Phi) is 5.96. The number of hydrogen-bond acceptors (Lipinski definition) is 5. The zero-order valence-corrected chi connectivity index (χ0v) is 15.6. The molecule has 26 heavy (non-hydrogen) atoms. The van der Waals surface area contributed by atoms with Crippen LogP contribution < -0.4 is 10.1 Å². The number of rotatable bonds is 8. The molecule has 8 heteroatoms. The standard InChI is InChI=1S/C18H21N5O2S/c1-3-14-9-5-6-10-15(14)19-16(24)13-26-18-21-20-17(25-4-2)23(18)22-11-7-8-12-22/h5-12H,3-4,13H2,1-2H3,(H,19,24). The maximum Gasteiger partial charge on any atom is 0.338 e. The molecule has 0 aliphatic heterocycles. The van der Waals surface area contributed by atoms with E-state index in [2.05, 4.69) is 22.4 Å². The molecule has 0 unspecified atom stereocenters. The SMILES string of the molecule is CCOc1nnc(SCC(=O)Nc2ccccc2CC)n1-n1cccc1. The summed E-state index contributed by atoms with van der Waals surface area (Å²) in [5, 5.41) is 11.8. The lowest BCUT2D eigenvalue weighted by Gasteiger charge is -2.11. The molecule has 0 spiro atoms. The smallest absolute Gasteiger partial charge is 0.338 e. The van der Waals surface area contributed by atoms with Crippen LogP contribution in [0, 0.1) is 0 Å². The van der Waals surface area contributed by atoms with Crippen molar-refractivity contribution in [2.45, 2.75) is 25.4 Å².